The van der Waals surface area contributed by atoms with Crippen molar-refractivity contribution >= 4 is 0 Å². The Morgan fingerprint density at radius 3 is 2.31 bits per heavy atom. The van der Waals surface area contributed by atoms with E-state index in [1.807, 2.05) is 0 Å². The minimum absolute atomic E-state index is 0.802. The summed E-state index contributed by atoms with van der Waals surface area (Å²) in [6.45, 7) is 3.48. The minimum atomic E-state index is 0.802. The van der Waals surface area contributed by atoms with Gasteiger partial charge in [-0.3, -0.25) is 4.90 Å². The second kappa shape index (κ2) is 5.49. The van der Waals surface area contributed by atoms with Gasteiger partial charge in [0.05, 0.1) is 0 Å². The number of hydrogen-bond donors (Lipinski definition) is 0. The van der Waals surface area contributed by atoms with E-state index in [0.29, 0.717) is 0 Å². The highest BCUT2D eigenvalue weighted by Crippen LogP contribution is 2.27. The molecule has 1 aromatic rings. The van der Waals surface area contributed by atoms with Crippen LogP contribution in [0.25, 0.3) is 0 Å². The van der Waals surface area contributed by atoms with E-state index < -0.39 is 0 Å². The van der Waals surface area contributed by atoms with E-state index in [4.69, 9.17) is 0 Å². The zero-order valence-corrected chi connectivity index (χ0v) is 10.5. The second-order valence-electron chi connectivity index (χ2n) is 5.31. The lowest BCUT2D eigenvalue weighted by molar-refractivity contribution is 0.164. The van der Waals surface area contributed by atoms with Gasteiger partial charge in [-0.25, -0.2) is 0 Å². The average molecular weight is 217 g/mol. The van der Waals surface area contributed by atoms with Crippen LogP contribution in [0.4, 0.5) is 0 Å². The molecule has 0 unspecified atom stereocenters. The quantitative estimate of drug-likeness (QED) is 0.746. The van der Waals surface area contributed by atoms with Crippen molar-refractivity contribution in [1.29, 1.82) is 0 Å². The van der Waals surface area contributed by atoms with Crippen LogP contribution >= 0.6 is 0 Å². The molecule has 1 heteroatoms. The van der Waals surface area contributed by atoms with Crippen LogP contribution in [0.3, 0.4) is 0 Å². The summed E-state index contributed by atoms with van der Waals surface area (Å²) in [5, 5.41) is 0. The summed E-state index contributed by atoms with van der Waals surface area (Å²) in [5.74, 6) is 0.946. The maximum absolute atomic E-state index is 2.53. The highest BCUT2D eigenvalue weighted by molar-refractivity contribution is 5.14. The van der Waals surface area contributed by atoms with Gasteiger partial charge >= 0.3 is 0 Å². The van der Waals surface area contributed by atoms with Gasteiger partial charge in [0.25, 0.3) is 0 Å². The van der Waals surface area contributed by atoms with Crippen molar-refractivity contribution in [2.75, 3.05) is 7.05 Å². The normalized spacial score (nSPS) is 25.9. The molecular formula is C15H23N. The van der Waals surface area contributed by atoms with E-state index in [9.17, 15) is 0 Å². The van der Waals surface area contributed by atoms with Gasteiger partial charge in [0.15, 0.2) is 0 Å². The van der Waals surface area contributed by atoms with Crippen LogP contribution < -0.4 is 0 Å². The average Bonchev–Trinajstić information content (AvgIpc) is 2.31. The van der Waals surface area contributed by atoms with Crippen LogP contribution in [0.5, 0.6) is 0 Å². The predicted molar refractivity (Wildman–Crippen MR) is 69.3 cm³/mol. The van der Waals surface area contributed by atoms with Crippen molar-refractivity contribution in [3.8, 4) is 0 Å². The maximum atomic E-state index is 2.53. The molecule has 1 nitrogen and oxygen atoms in total. The third kappa shape index (κ3) is 3.08. The molecule has 1 aliphatic rings. The Bertz CT molecular complexity index is 298. The van der Waals surface area contributed by atoms with Gasteiger partial charge in [-0.1, -0.05) is 37.3 Å². The molecule has 1 fully saturated rings. The zero-order chi connectivity index (χ0) is 11.4. The summed E-state index contributed by atoms with van der Waals surface area (Å²) in [4.78, 5) is 2.53. The largest absolute Gasteiger partial charge is 0.299 e. The number of benzene rings is 1. The Balaban J connectivity index is 1.86. The summed E-state index contributed by atoms with van der Waals surface area (Å²) in [7, 11) is 2.27. The van der Waals surface area contributed by atoms with E-state index in [-0.39, 0.29) is 0 Å². The Hall–Kier alpha value is -0.820. The monoisotopic (exact) mass is 217 g/mol. The summed E-state index contributed by atoms with van der Waals surface area (Å²) >= 11 is 0. The fourth-order valence-corrected chi connectivity index (χ4v) is 2.68. The lowest BCUT2D eigenvalue weighted by Gasteiger charge is -2.33. The lowest BCUT2D eigenvalue weighted by Crippen LogP contribution is -2.34. The standard InChI is InChI=1S/C15H23N/c1-13-8-10-15(11-9-13)16(2)12-14-6-4-3-5-7-14/h3-7,13,15H,8-12H2,1-2H3/t13-,15-. The lowest BCUT2D eigenvalue weighted by atomic mass is 9.86. The minimum Gasteiger partial charge on any atom is -0.299 e. The number of hydrogen-bond acceptors (Lipinski definition) is 1. The van der Waals surface area contributed by atoms with Crippen molar-refractivity contribution in [1.82, 2.24) is 4.90 Å². The van der Waals surface area contributed by atoms with Gasteiger partial charge in [-0.15, -0.1) is 0 Å². The molecule has 0 radical (unpaired) electrons. The third-order valence-electron chi connectivity index (χ3n) is 3.88. The Labute approximate surface area is 99.5 Å². The molecule has 1 saturated carbocycles. The van der Waals surface area contributed by atoms with E-state index in [0.717, 1.165) is 18.5 Å². The van der Waals surface area contributed by atoms with Crippen molar-refractivity contribution in [2.24, 2.45) is 5.92 Å². The molecular weight excluding hydrogens is 194 g/mol. The van der Waals surface area contributed by atoms with Crippen molar-refractivity contribution in [3.63, 3.8) is 0 Å². The molecule has 88 valence electrons. The molecule has 0 aromatic heterocycles. The molecule has 0 saturated heterocycles. The van der Waals surface area contributed by atoms with E-state index >= 15 is 0 Å². The first-order valence-corrected chi connectivity index (χ1v) is 6.50. The molecule has 0 bridgehead atoms. The molecule has 0 amide bonds. The van der Waals surface area contributed by atoms with Crippen molar-refractivity contribution in [2.45, 2.75) is 45.2 Å². The molecule has 0 heterocycles. The van der Waals surface area contributed by atoms with Gasteiger partial charge in [0.2, 0.25) is 0 Å². The van der Waals surface area contributed by atoms with Gasteiger partial charge in [0.1, 0.15) is 0 Å². The highest BCUT2D eigenvalue weighted by Gasteiger charge is 2.21. The van der Waals surface area contributed by atoms with Gasteiger partial charge < -0.3 is 0 Å². The van der Waals surface area contributed by atoms with Crippen LogP contribution in [0, 0.1) is 5.92 Å². The summed E-state index contributed by atoms with van der Waals surface area (Å²) in [5.41, 5.74) is 1.43. The summed E-state index contributed by atoms with van der Waals surface area (Å²) in [6, 6.07) is 11.6. The van der Waals surface area contributed by atoms with Crippen LogP contribution in [0.1, 0.15) is 38.2 Å². The molecule has 16 heavy (non-hydrogen) atoms. The van der Waals surface area contributed by atoms with Crippen LogP contribution in [0.2, 0.25) is 0 Å². The molecule has 0 spiro atoms. The van der Waals surface area contributed by atoms with Crippen LogP contribution in [-0.4, -0.2) is 18.0 Å². The molecule has 1 aliphatic carbocycles. The SMILES string of the molecule is CN(Cc1ccccc1)[C@H]1CC[C@H](C)CC1. The first kappa shape index (κ1) is 11.7. The van der Waals surface area contributed by atoms with Gasteiger partial charge in [-0.05, 0) is 44.2 Å². The Morgan fingerprint density at radius 2 is 1.69 bits per heavy atom. The van der Waals surface area contributed by atoms with E-state index in [1.165, 1.54) is 31.2 Å². The molecule has 1 aromatic carbocycles. The Morgan fingerprint density at radius 1 is 1.06 bits per heavy atom. The third-order valence-corrected chi connectivity index (χ3v) is 3.88. The summed E-state index contributed by atoms with van der Waals surface area (Å²) < 4.78 is 0. The molecule has 0 atom stereocenters. The first-order valence-electron chi connectivity index (χ1n) is 6.50. The predicted octanol–water partition coefficient (Wildman–Crippen LogP) is 3.70. The Kier molecular flexibility index (Phi) is 4.00. The zero-order valence-electron chi connectivity index (χ0n) is 10.5. The molecule has 2 rings (SSSR count). The van der Waals surface area contributed by atoms with Crippen LogP contribution in [-0.2, 0) is 6.54 Å². The first-order chi connectivity index (χ1) is 7.75. The van der Waals surface area contributed by atoms with E-state index in [1.54, 1.807) is 0 Å². The van der Waals surface area contributed by atoms with Gasteiger partial charge in [0, 0.05) is 12.6 Å². The fraction of sp³-hybridized carbons (Fsp3) is 0.600. The second-order valence-corrected chi connectivity index (χ2v) is 5.31. The number of nitrogens with zero attached hydrogens (tertiary/aromatic N) is 1. The maximum Gasteiger partial charge on any atom is 0.0233 e. The molecule has 0 N–H and O–H groups in total. The number of rotatable bonds is 3. The topological polar surface area (TPSA) is 3.24 Å². The van der Waals surface area contributed by atoms with Gasteiger partial charge in [-0.2, -0.15) is 0 Å². The van der Waals surface area contributed by atoms with Crippen molar-refractivity contribution < 1.29 is 0 Å². The fourth-order valence-electron chi connectivity index (χ4n) is 2.68. The smallest absolute Gasteiger partial charge is 0.0233 e. The van der Waals surface area contributed by atoms with Crippen molar-refractivity contribution in [3.05, 3.63) is 35.9 Å². The highest BCUT2D eigenvalue weighted by atomic mass is 15.1. The van der Waals surface area contributed by atoms with E-state index in [2.05, 4.69) is 49.2 Å². The van der Waals surface area contributed by atoms with Crippen LogP contribution in [0.15, 0.2) is 30.3 Å². The molecule has 0 aliphatic heterocycles. The summed E-state index contributed by atoms with van der Waals surface area (Å²) in [6.07, 6.45) is 5.57.